The van der Waals surface area contributed by atoms with Crippen molar-refractivity contribution >= 4 is 0 Å². The molecule has 0 atom stereocenters. The van der Waals surface area contributed by atoms with Crippen molar-refractivity contribution in [3.05, 3.63) is 0 Å². The zero-order valence-electron chi connectivity index (χ0n) is 16.3. The topological polar surface area (TPSA) is 20.2 Å². The molecule has 0 unspecified atom stereocenters. The van der Waals surface area contributed by atoms with E-state index in [1.807, 2.05) is 0 Å². The number of quaternary nitrogens is 1. The lowest BCUT2D eigenvalue weighted by atomic mass is 10.1. The van der Waals surface area contributed by atoms with Crippen LogP contribution < -0.4 is 24.0 Å². The summed E-state index contributed by atoms with van der Waals surface area (Å²) < 4.78 is 0.865. The predicted molar refractivity (Wildman–Crippen MR) is 99.0 cm³/mol. The molecule has 0 saturated heterocycles. The van der Waals surface area contributed by atoms with Gasteiger partial charge in [0.25, 0.3) is 0 Å². The van der Waals surface area contributed by atoms with Crippen LogP contribution in [0.15, 0.2) is 0 Å². The molecule has 0 aromatic carbocycles. The molecule has 0 rings (SSSR count). The first kappa shape index (κ1) is 25.9. The van der Waals surface area contributed by atoms with Gasteiger partial charge in [0.15, 0.2) is 6.73 Å². The summed E-state index contributed by atoms with van der Waals surface area (Å²) in [6.45, 7) is 7.16. The molecular formula is C20H44INO. The summed E-state index contributed by atoms with van der Waals surface area (Å²) in [5, 5.41) is 9.70. The quantitative estimate of drug-likeness (QED) is 0.159. The third-order valence-corrected chi connectivity index (χ3v) is 4.94. The minimum absolute atomic E-state index is 0. The molecule has 0 radical (unpaired) electrons. The summed E-state index contributed by atoms with van der Waals surface area (Å²) in [5.74, 6) is 0. The SMILES string of the molecule is CCCCCCCCC[N+](C)(CO)CCCCCCCCC.[I-]. The Bertz CT molecular complexity index is 206. The molecule has 0 aromatic heterocycles. The van der Waals surface area contributed by atoms with Gasteiger partial charge in [0, 0.05) is 0 Å². The Hall–Kier alpha value is 0.650. The number of hydrogen-bond acceptors (Lipinski definition) is 1. The molecule has 0 fully saturated rings. The maximum atomic E-state index is 9.70. The van der Waals surface area contributed by atoms with Crippen molar-refractivity contribution in [3.8, 4) is 0 Å². The van der Waals surface area contributed by atoms with Gasteiger partial charge in [-0.1, -0.05) is 78.1 Å². The standard InChI is InChI=1S/C20H44NO.HI/c1-4-6-8-10-12-14-16-18-21(3,20-22)19-17-15-13-11-9-7-5-2;/h22H,4-20H2,1-3H3;1H/q+1;/p-1. The molecule has 0 saturated carbocycles. The van der Waals surface area contributed by atoms with Crippen LogP contribution in [-0.4, -0.2) is 36.5 Å². The van der Waals surface area contributed by atoms with E-state index in [1.165, 1.54) is 89.9 Å². The molecule has 3 heteroatoms. The van der Waals surface area contributed by atoms with Crippen molar-refractivity contribution in [2.45, 2.75) is 104 Å². The summed E-state index contributed by atoms with van der Waals surface area (Å²) >= 11 is 0. The fraction of sp³-hybridized carbons (Fsp3) is 1.00. The van der Waals surface area contributed by atoms with Crippen LogP contribution in [0.1, 0.15) is 104 Å². The monoisotopic (exact) mass is 441 g/mol. The second-order valence-corrected chi connectivity index (χ2v) is 7.45. The predicted octanol–water partition coefficient (Wildman–Crippen LogP) is 2.89. The van der Waals surface area contributed by atoms with Gasteiger partial charge in [0.1, 0.15) is 0 Å². The van der Waals surface area contributed by atoms with Crippen LogP contribution in [0.5, 0.6) is 0 Å². The number of hydrogen-bond donors (Lipinski definition) is 1. The molecule has 0 aliphatic carbocycles. The van der Waals surface area contributed by atoms with Crippen molar-refractivity contribution in [3.63, 3.8) is 0 Å². The second-order valence-electron chi connectivity index (χ2n) is 7.45. The van der Waals surface area contributed by atoms with Gasteiger partial charge in [-0.25, -0.2) is 0 Å². The van der Waals surface area contributed by atoms with Gasteiger partial charge in [-0.05, 0) is 25.7 Å². The van der Waals surface area contributed by atoms with E-state index >= 15 is 0 Å². The molecular weight excluding hydrogens is 397 g/mol. The molecule has 142 valence electrons. The normalized spacial score (nSPS) is 11.5. The lowest BCUT2D eigenvalue weighted by Crippen LogP contribution is -3.00. The Morgan fingerprint density at radius 1 is 0.565 bits per heavy atom. The van der Waals surface area contributed by atoms with Crippen LogP contribution in [0, 0.1) is 0 Å². The van der Waals surface area contributed by atoms with E-state index in [1.54, 1.807) is 0 Å². The van der Waals surface area contributed by atoms with Crippen molar-refractivity contribution in [2.75, 3.05) is 26.9 Å². The Morgan fingerprint density at radius 3 is 1.17 bits per heavy atom. The van der Waals surface area contributed by atoms with E-state index in [4.69, 9.17) is 0 Å². The van der Waals surface area contributed by atoms with E-state index < -0.39 is 0 Å². The van der Waals surface area contributed by atoms with Gasteiger partial charge in [0.2, 0.25) is 0 Å². The van der Waals surface area contributed by atoms with Crippen molar-refractivity contribution in [1.82, 2.24) is 0 Å². The summed E-state index contributed by atoms with van der Waals surface area (Å²) in [6.07, 6.45) is 19.0. The highest BCUT2D eigenvalue weighted by molar-refractivity contribution is 4.48. The Morgan fingerprint density at radius 2 is 0.870 bits per heavy atom. The maximum absolute atomic E-state index is 9.70. The van der Waals surface area contributed by atoms with Crippen LogP contribution in [0.4, 0.5) is 0 Å². The minimum atomic E-state index is 0. The highest BCUT2D eigenvalue weighted by Gasteiger charge is 2.18. The Balaban J connectivity index is 0. The molecule has 1 N–H and O–H groups in total. The Kier molecular flexibility index (Phi) is 21.4. The third-order valence-electron chi connectivity index (χ3n) is 4.94. The van der Waals surface area contributed by atoms with Crippen LogP contribution >= 0.6 is 0 Å². The smallest absolute Gasteiger partial charge is 0.180 e. The van der Waals surface area contributed by atoms with Crippen LogP contribution in [0.25, 0.3) is 0 Å². The van der Waals surface area contributed by atoms with E-state index in [-0.39, 0.29) is 24.0 Å². The number of nitrogens with zero attached hydrogens (tertiary/aromatic N) is 1. The van der Waals surface area contributed by atoms with Crippen LogP contribution in [0.3, 0.4) is 0 Å². The fourth-order valence-electron chi connectivity index (χ4n) is 3.15. The minimum Gasteiger partial charge on any atom is -1.00 e. The fourth-order valence-corrected chi connectivity index (χ4v) is 3.15. The highest BCUT2D eigenvalue weighted by Crippen LogP contribution is 2.13. The molecule has 0 aliphatic rings. The second kappa shape index (κ2) is 19.0. The average Bonchev–Trinajstić information content (AvgIpc) is 2.53. The summed E-state index contributed by atoms with van der Waals surface area (Å²) in [6, 6.07) is 0. The first-order valence-corrected chi connectivity index (χ1v) is 10.1. The Labute approximate surface area is 164 Å². The van der Waals surface area contributed by atoms with Gasteiger partial charge in [-0.2, -0.15) is 0 Å². The van der Waals surface area contributed by atoms with E-state index in [0.29, 0.717) is 6.73 Å². The van der Waals surface area contributed by atoms with E-state index in [2.05, 4.69) is 20.9 Å². The number of aliphatic hydroxyl groups is 1. The number of aliphatic hydroxyl groups excluding tert-OH is 1. The van der Waals surface area contributed by atoms with Gasteiger partial charge in [-0.3, -0.25) is 0 Å². The van der Waals surface area contributed by atoms with Crippen LogP contribution in [-0.2, 0) is 0 Å². The molecule has 0 amide bonds. The zero-order chi connectivity index (χ0) is 16.5. The lowest BCUT2D eigenvalue weighted by Gasteiger charge is -2.32. The molecule has 0 heterocycles. The van der Waals surface area contributed by atoms with E-state index in [9.17, 15) is 5.11 Å². The van der Waals surface area contributed by atoms with Crippen LogP contribution in [0.2, 0.25) is 0 Å². The molecule has 23 heavy (non-hydrogen) atoms. The molecule has 0 aliphatic heterocycles. The number of halogens is 1. The zero-order valence-corrected chi connectivity index (χ0v) is 18.5. The largest absolute Gasteiger partial charge is 1.00 e. The summed E-state index contributed by atoms with van der Waals surface area (Å²) in [7, 11) is 2.23. The van der Waals surface area contributed by atoms with Gasteiger partial charge >= 0.3 is 0 Å². The van der Waals surface area contributed by atoms with Gasteiger partial charge in [0.05, 0.1) is 20.1 Å². The third kappa shape index (κ3) is 17.3. The van der Waals surface area contributed by atoms with Gasteiger partial charge in [-0.15, -0.1) is 0 Å². The molecule has 0 bridgehead atoms. The first-order valence-electron chi connectivity index (χ1n) is 10.1. The van der Waals surface area contributed by atoms with Gasteiger partial charge < -0.3 is 33.6 Å². The van der Waals surface area contributed by atoms with E-state index in [0.717, 1.165) is 17.6 Å². The maximum Gasteiger partial charge on any atom is 0.180 e. The lowest BCUT2D eigenvalue weighted by molar-refractivity contribution is -0.927. The first-order chi connectivity index (χ1) is 10.7. The number of unbranched alkanes of at least 4 members (excludes halogenated alkanes) is 12. The van der Waals surface area contributed by atoms with Crippen molar-refractivity contribution < 1.29 is 33.6 Å². The summed E-state index contributed by atoms with van der Waals surface area (Å²) in [5.41, 5.74) is 0. The molecule has 2 nitrogen and oxygen atoms in total. The highest BCUT2D eigenvalue weighted by atomic mass is 127. The van der Waals surface area contributed by atoms with Crippen molar-refractivity contribution in [2.24, 2.45) is 0 Å². The van der Waals surface area contributed by atoms with Crippen molar-refractivity contribution in [1.29, 1.82) is 0 Å². The summed E-state index contributed by atoms with van der Waals surface area (Å²) in [4.78, 5) is 0. The molecule has 0 spiro atoms. The number of rotatable bonds is 17. The molecule has 0 aromatic rings. The average molecular weight is 441 g/mol.